The summed E-state index contributed by atoms with van der Waals surface area (Å²) in [6.45, 7) is 0.998. The van der Waals surface area contributed by atoms with Crippen molar-refractivity contribution >= 4 is 5.71 Å². The predicted octanol–water partition coefficient (Wildman–Crippen LogP) is 4.03. The molecule has 0 saturated heterocycles. The van der Waals surface area contributed by atoms with Crippen molar-refractivity contribution < 1.29 is 0 Å². The number of hydrogen-bond acceptors (Lipinski definition) is 1. The van der Waals surface area contributed by atoms with Gasteiger partial charge in [0.05, 0.1) is 5.71 Å². The van der Waals surface area contributed by atoms with Gasteiger partial charge in [-0.05, 0) is 42.7 Å². The Morgan fingerprint density at radius 3 is 1.90 bits per heavy atom. The van der Waals surface area contributed by atoms with E-state index in [1.807, 2.05) is 0 Å². The lowest BCUT2D eigenvalue weighted by atomic mass is 9.98. The standard InChI is InChI=1S/C19H19N/c1-3-7-17-15(5-1)11-12-16-6-2-4-8-18(16)19(17)20-13-14-9-10-14/h1-8,14H,9-13H2. The van der Waals surface area contributed by atoms with Crippen molar-refractivity contribution in [2.75, 3.05) is 6.54 Å². The molecule has 2 aromatic rings. The van der Waals surface area contributed by atoms with Crippen molar-refractivity contribution in [3.05, 3.63) is 70.8 Å². The van der Waals surface area contributed by atoms with Crippen LogP contribution in [0.4, 0.5) is 0 Å². The zero-order valence-electron chi connectivity index (χ0n) is 11.7. The number of fused-ring (bicyclic) bond motifs is 2. The molecule has 4 rings (SSSR count). The van der Waals surface area contributed by atoms with Crippen LogP contribution in [-0.2, 0) is 12.8 Å². The first-order valence-corrected chi connectivity index (χ1v) is 7.63. The molecule has 0 aliphatic heterocycles. The topological polar surface area (TPSA) is 12.4 Å². The zero-order chi connectivity index (χ0) is 13.4. The lowest BCUT2D eigenvalue weighted by Crippen LogP contribution is -2.07. The normalized spacial score (nSPS) is 17.1. The highest BCUT2D eigenvalue weighted by molar-refractivity contribution is 6.15. The van der Waals surface area contributed by atoms with Crippen molar-refractivity contribution in [2.45, 2.75) is 25.7 Å². The maximum atomic E-state index is 5.00. The summed E-state index contributed by atoms with van der Waals surface area (Å²) in [5.41, 5.74) is 6.80. The summed E-state index contributed by atoms with van der Waals surface area (Å²) in [5, 5.41) is 0. The van der Waals surface area contributed by atoms with Gasteiger partial charge < -0.3 is 0 Å². The van der Waals surface area contributed by atoms with E-state index in [0.717, 1.165) is 25.3 Å². The third kappa shape index (κ3) is 2.18. The van der Waals surface area contributed by atoms with E-state index in [0.29, 0.717) is 0 Å². The minimum atomic E-state index is 0.838. The molecule has 0 amide bonds. The Kier molecular flexibility index (Phi) is 2.91. The molecular weight excluding hydrogens is 242 g/mol. The van der Waals surface area contributed by atoms with E-state index in [2.05, 4.69) is 48.5 Å². The first kappa shape index (κ1) is 11.9. The zero-order valence-corrected chi connectivity index (χ0v) is 11.7. The molecule has 20 heavy (non-hydrogen) atoms. The summed E-state index contributed by atoms with van der Waals surface area (Å²) in [7, 11) is 0. The van der Waals surface area contributed by atoms with Crippen molar-refractivity contribution in [3.63, 3.8) is 0 Å². The third-order valence-electron chi connectivity index (χ3n) is 4.41. The van der Waals surface area contributed by atoms with Gasteiger partial charge in [-0.15, -0.1) is 0 Å². The van der Waals surface area contributed by atoms with Gasteiger partial charge in [-0.3, -0.25) is 4.99 Å². The number of rotatable bonds is 2. The summed E-state index contributed by atoms with van der Waals surface area (Å²) in [4.78, 5) is 5.00. The summed E-state index contributed by atoms with van der Waals surface area (Å²) >= 11 is 0. The molecule has 0 N–H and O–H groups in total. The molecule has 1 saturated carbocycles. The van der Waals surface area contributed by atoms with Gasteiger partial charge in [0.1, 0.15) is 0 Å². The Labute approximate surface area is 120 Å². The van der Waals surface area contributed by atoms with Gasteiger partial charge in [0.25, 0.3) is 0 Å². The van der Waals surface area contributed by atoms with Crippen LogP contribution in [0, 0.1) is 5.92 Å². The number of nitrogens with zero attached hydrogens (tertiary/aromatic N) is 1. The molecule has 2 aliphatic carbocycles. The van der Waals surface area contributed by atoms with Gasteiger partial charge in [0.15, 0.2) is 0 Å². The average molecular weight is 261 g/mol. The van der Waals surface area contributed by atoms with Crippen LogP contribution in [0.1, 0.15) is 35.1 Å². The second kappa shape index (κ2) is 4.90. The maximum Gasteiger partial charge on any atom is 0.0724 e. The number of hydrogen-bond donors (Lipinski definition) is 0. The van der Waals surface area contributed by atoms with E-state index in [-0.39, 0.29) is 0 Å². The van der Waals surface area contributed by atoms with E-state index < -0.39 is 0 Å². The Morgan fingerprint density at radius 1 is 0.800 bits per heavy atom. The minimum Gasteiger partial charge on any atom is -0.284 e. The smallest absolute Gasteiger partial charge is 0.0724 e. The second-order valence-electron chi connectivity index (χ2n) is 5.95. The van der Waals surface area contributed by atoms with Gasteiger partial charge in [-0.25, -0.2) is 0 Å². The number of aryl methyl sites for hydroxylation is 2. The first-order chi connectivity index (χ1) is 9.92. The molecule has 0 radical (unpaired) electrons. The first-order valence-electron chi connectivity index (χ1n) is 7.63. The van der Waals surface area contributed by atoms with E-state index in [9.17, 15) is 0 Å². The molecule has 1 nitrogen and oxygen atoms in total. The SMILES string of the molecule is c1ccc2c(c1)CCc1ccccc1C2=NCC1CC1. The van der Waals surface area contributed by atoms with E-state index in [1.54, 1.807) is 0 Å². The molecule has 2 aliphatic rings. The van der Waals surface area contributed by atoms with Crippen molar-refractivity contribution in [3.8, 4) is 0 Å². The van der Waals surface area contributed by atoms with Crippen LogP contribution in [0.25, 0.3) is 0 Å². The van der Waals surface area contributed by atoms with Crippen LogP contribution in [0.15, 0.2) is 53.5 Å². The third-order valence-corrected chi connectivity index (χ3v) is 4.41. The van der Waals surface area contributed by atoms with Crippen molar-refractivity contribution in [1.29, 1.82) is 0 Å². The fourth-order valence-electron chi connectivity index (χ4n) is 3.04. The second-order valence-corrected chi connectivity index (χ2v) is 5.95. The maximum absolute atomic E-state index is 5.00. The highest BCUT2D eigenvalue weighted by atomic mass is 14.8. The molecule has 0 atom stereocenters. The lowest BCUT2D eigenvalue weighted by molar-refractivity contribution is 0.849. The molecule has 100 valence electrons. The Morgan fingerprint density at radius 2 is 1.35 bits per heavy atom. The minimum absolute atomic E-state index is 0.838. The summed E-state index contributed by atoms with van der Waals surface area (Å²) in [6.07, 6.45) is 4.96. The fraction of sp³-hybridized carbons (Fsp3) is 0.316. The molecule has 1 heteroatoms. The molecule has 2 aromatic carbocycles. The van der Waals surface area contributed by atoms with Gasteiger partial charge in [-0.2, -0.15) is 0 Å². The molecule has 0 spiro atoms. The fourth-order valence-corrected chi connectivity index (χ4v) is 3.04. The van der Waals surface area contributed by atoms with Crippen molar-refractivity contribution in [2.24, 2.45) is 10.9 Å². The lowest BCUT2D eigenvalue weighted by Gasteiger charge is -2.10. The van der Waals surface area contributed by atoms with Gasteiger partial charge in [-0.1, -0.05) is 48.5 Å². The molecule has 0 heterocycles. The van der Waals surface area contributed by atoms with Crippen LogP contribution in [-0.4, -0.2) is 12.3 Å². The Bertz CT molecular complexity index is 615. The predicted molar refractivity (Wildman–Crippen MR) is 83.5 cm³/mol. The summed E-state index contributed by atoms with van der Waals surface area (Å²) in [5.74, 6) is 0.838. The van der Waals surface area contributed by atoms with Crippen LogP contribution in [0.2, 0.25) is 0 Å². The summed E-state index contributed by atoms with van der Waals surface area (Å²) < 4.78 is 0. The number of benzene rings is 2. The highest BCUT2D eigenvalue weighted by Crippen LogP contribution is 2.30. The monoisotopic (exact) mass is 261 g/mol. The van der Waals surface area contributed by atoms with Crippen LogP contribution in [0.3, 0.4) is 0 Å². The van der Waals surface area contributed by atoms with E-state index >= 15 is 0 Å². The van der Waals surface area contributed by atoms with Crippen LogP contribution in [0.5, 0.6) is 0 Å². The Hall–Kier alpha value is -1.89. The molecule has 1 fully saturated rings. The quantitative estimate of drug-likeness (QED) is 0.774. The van der Waals surface area contributed by atoms with Crippen molar-refractivity contribution in [1.82, 2.24) is 0 Å². The van der Waals surface area contributed by atoms with E-state index in [1.165, 1.54) is 40.8 Å². The van der Waals surface area contributed by atoms with E-state index in [4.69, 9.17) is 4.99 Å². The van der Waals surface area contributed by atoms with Gasteiger partial charge in [0.2, 0.25) is 0 Å². The van der Waals surface area contributed by atoms with Crippen LogP contribution >= 0.6 is 0 Å². The summed E-state index contributed by atoms with van der Waals surface area (Å²) in [6, 6.07) is 17.6. The molecule has 0 aromatic heterocycles. The molecule has 0 bridgehead atoms. The number of aliphatic imine (C=N–C) groups is 1. The average Bonchev–Trinajstić information content (AvgIpc) is 3.31. The van der Waals surface area contributed by atoms with Gasteiger partial charge >= 0.3 is 0 Å². The van der Waals surface area contributed by atoms with Crippen LogP contribution < -0.4 is 0 Å². The molecular formula is C19H19N. The molecule has 0 unspecified atom stereocenters. The highest BCUT2D eigenvalue weighted by Gasteiger charge is 2.23. The Balaban J connectivity index is 1.86. The van der Waals surface area contributed by atoms with Gasteiger partial charge in [0, 0.05) is 17.7 Å². The largest absolute Gasteiger partial charge is 0.284 e.